The number of ether oxygens (including phenoxy) is 1. The Morgan fingerprint density at radius 2 is 1.92 bits per heavy atom. The molecule has 1 atom stereocenters. The molecule has 0 saturated carbocycles. The number of para-hydroxylation sites is 1. The van der Waals surface area contributed by atoms with E-state index in [9.17, 15) is 4.79 Å². The Bertz CT molecular complexity index is 671. The number of benzene rings is 1. The largest absolute Gasteiger partial charge is 0.444 e. The SMILES string of the molecule is CC(NCC(C)(C)NC(=O)OC(C)(C)C)c1nc2ccccc2s1. The summed E-state index contributed by atoms with van der Waals surface area (Å²) in [5.74, 6) is 0. The van der Waals surface area contributed by atoms with Gasteiger partial charge in [0.1, 0.15) is 10.6 Å². The number of nitrogens with zero attached hydrogens (tertiary/aromatic N) is 1. The lowest BCUT2D eigenvalue weighted by Gasteiger charge is -2.29. The molecule has 5 nitrogen and oxygen atoms in total. The van der Waals surface area contributed by atoms with Gasteiger partial charge < -0.3 is 15.4 Å². The van der Waals surface area contributed by atoms with Crippen molar-refractivity contribution in [2.45, 2.75) is 58.7 Å². The number of alkyl carbamates (subject to hydrolysis) is 1. The van der Waals surface area contributed by atoms with Gasteiger partial charge in [0.2, 0.25) is 0 Å². The molecule has 0 aliphatic heterocycles. The lowest BCUT2D eigenvalue weighted by Crippen LogP contribution is -2.51. The summed E-state index contributed by atoms with van der Waals surface area (Å²) in [6, 6.07) is 8.24. The fraction of sp³-hybridized carbons (Fsp3) is 0.556. The van der Waals surface area contributed by atoms with Gasteiger partial charge in [-0.05, 0) is 53.7 Å². The first-order chi connectivity index (χ1) is 11.1. The zero-order valence-corrected chi connectivity index (χ0v) is 16.1. The second-order valence-corrected chi connectivity index (χ2v) is 8.70. The van der Waals surface area contributed by atoms with Crippen molar-refractivity contribution in [2.24, 2.45) is 0 Å². The lowest BCUT2D eigenvalue weighted by atomic mass is 10.1. The highest BCUT2D eigenvalue weighted by Gasteiger charge is 2.25. The minimum atomic E-state index is -0.498. The molecule has 2 rings (SSSR count). The molecule has 0 spiro atoms. The average Bonchev–Trinajstić information content (AvgIpc) is 2.86. The first-order valence-electron chi connectivity index (χ1n) is 8.16. The molecular weight excluding hydrogens is 322 g/mol. The fourth-order valence-electron chi connectivity index (χ4n) is 2.19. The summed E-state index contributed by atoms with van der Waals surface area (Å²) in [4.78, 5) is 16.6. The zero-order valence-electron chi connectivity index (χ0n) is 15.3. The van der Waals surface area contributed by atoms with E-state index in [2.05, 4.69) is 28.6 Å². The Balaban J connectivity index is 1.92. The molecule has 0 aliphatic rings. The smallest absolute Gasteiger partial charge is 0.408 e. The molecule has 0 bridgehead atoms. The van der Waals surface area contributed by atoms with E-state index in [1.165, 1.54) is 4.70 Å². The maximum Gasteiger partial charge on any atom is 0.408 e. The Labute approximate surface area is 147 Å². The molecule has 1 heterocycles. The number of rotatable bonds is 5. The average molecular weight is 350 g/mol. The van der Waals surface area contributed by atoms with Crippen LogP contribution in [0.5, 0.6) is 0 Å². The number of hydrogen-bond donors (Lipinski definition) is 2. The van der Waals surface area contributed by atoms with Crippen molar-refractivity contribution >= 4 is 27.6 Å². The van der Waals surface area contributed by atoms with Crippen LogP contribution in [0, 0.1) is 0 Å². The summed E-state index contributed by atoms with van der Waals surface area (Å²) in [7, 11) is 0. The summed E-state index contributed by atoms with van der Waals surface area (Å²) < 4.78 is 6.50. The molecule has 0 aliphatic carbocycles. The monoisotopic (exact) mass is 349 g/mol. The van der Waals surface area contributed by atoms with E-state index < -0.39 is 17.2 Å². The second kappa shape index (κ2) is 7.07. The molecule has 0 saturated heterocycles. The van der Waals surface area contributed by atoms with E-state index in [4.69, 9.17) is 4.74 Å². The molecule has 2 aromatic rings. The molecule has 24 heavy (non-hydrogen) atoms. The fourth-order valence-corrected chi connectivity index (χ4v) is 3.19. The molecule has 6 heteroatoms. The maximum atomic E-state index is 11.9. The van der Waals surface area contributed by atoms with Crippen LogP contribution >= 0.6 is 11.3 Å². The minimum absolute atomic E-state index is 0.113. The number of nitrogens with one attached hydrogen (secondary N) is 2. The van der Waals surface area contributed by atoms with Gasteiger partial charge in [-0.3, -0.25) is 0 Å². The lowest BCUT2D eigenvalue weighted by molar-refractivity contribution is 0.0471. The van der Waals surface area contributed by atoms with Crippen LogP contribution in [0.15, 0.2) is 24.3 Å². The normalized spacial score (nSPS) is 13.8. The van der Waals surface area contributed by atoms with Gasteiger partial charge in [0.05, 0.1) is 21.8 Å². The van der Waals surface area contributed by atoms with Crippen LogP contribution in [0.3, 0.4) is 0 Å². The van der Waals surface area contributed by atoms with Crippen LogP contribution < -0.4 is 10.6 Å². The van der Waals surface area contributed by atoms with Crippen LogP contribution in [0.4, 0.5) is 4.79 Å². The summed E-state index contributed by atoms with van der Waals surface area (Å²) >= 11 is 1.69. The highest BCUT2D eigenvalue weighted by Crippen LogP contribution is 2.26. The van der Waals surface area contributed by atoms with E-state index >= 15 is 0 Å². The van der Waals surface area contributed by atoms with Gasteiger partial charge >= 0.3 is 6.09 Å². The first kappa shape index (κ1) is 18.7. The Morgan fingerprint density at radius 3 is 2.54 bits per heavy atom. The van der Waals surface area contributed by atoms with Crippen LogP contribution in [0.1, 0.15) is 52.6 Å². The molecule has 1 amide bonds. The number of aromatic nitrogens is 1. The standard InChI is InChI=1S/C18H27N3O2S/c1-12(15-20-13-9-7-8-10-14(13)24-15)19-11-18(5,6)21-16(22)23-17(2,3)4/h7-10,12,19H,11H2,1-6H3,(H,21,22). The van der Waals surface area contributed by atoms with Crippen molar-refractivity contribution in [2.75, 3.05) is 6.54 Å². The quantitative estimate of drug-likeness (QED) is 0.847. The molecule has 2 N–H and O–H groups in total. The van der Waals surface area contributed by atoms with E-state index in [1.54, 1.807) is 11.3 Å². The third-order valence-electron chi connectivity index (χ3n) is 3.37. The molecule has 132 valence electrons. The maximum absolute atomic E-state index is 11.9. The van der Waals surface area contributed by atoms with Crippen LogP contribution in [-0.4, -0.2) is 28.8 Å². The van der Waals surface area contributed by atoms with Gasteiger partial charge in [-0.2, -0.15) is 0 Å². The Hall–Kier alpha value is -1.66. The van der Waals surface area contributed by atoms with Gasteiger partial charge in [0.15, 0.2) is 0 Å². The molecule has 1 aromatic heterocycles. The third-order valence-corrected chi connectivity index (χ3v) is 4.59. The molecule has 1 unspecified atom stereocenters. The third kappa shape index (κ3) is 5.46. The van der Waals surface area contributed by atoms with Crippen molar-refractivity contribution in [3.8, 4) is 0 Å². The second-order valence-electron chi connectivity index (χ2n) is 7.63. The minimum Gasteiger partial charge on any atom is -0.444 e. The topological polar surface area (TPSA) is 63.2 Å². The molecule has 1 aromatic carbocycles. The van der Waals surface area contributed by atoms with Gasteiger partial charge in [-0.15, -0.1) is 11.3 Å². The van der Waals surface area contributed by atoms with Crippen molar-refractivity contribution in [3.05, 3.63) is 29.3 Å². The Morgan fingerprint density at radius 1 is 1.25 bits per heavy atom. The number of carbonyl (C=O) groups excluding carboxylic acids is 1. The highest BCUT2D eigenvalue weighted by atomic mass is 32.1. The summed E-state index contributed by atoms with van der Waals surface area (Å²) in [6.45, 7) is 12.2. The van der Waals surface area contributed by atoms with E-state index in [1.807, 2.05) is 52.8 Å². The van der Waals surface area contributed by atoms with Crippen molar-refractivity contribution in [1.29, 1.82) is 0 Å². The zero-order chi connectivity index (χ0) is 18.0. The molecule has 0 fully saturated rings. The predicted octanol–water partition coefficient (Wildman–Crippen LogP) is 4.25. The van der Waals surface area contributed by atoms with Crippen molar-refractivity contribution in [3.63, 3.8) is 0 Å². The summed E-state index contributed by atoms with van der Waals surface area (Å²) in [5.41, 5.74) is 0.104. The summed E-state index contributed by atoms with van der Waals surface area (Å²) in [6.07, 6.45) is -0.401. The van der Waals surface area contributed by atoms with Crippen molar-refractivity contribution in [1.82, 2.24) is 15.6 Å². The van der Waals surface area contributed by atoms with E-state index in [0.29, 0.717) is 6.54 Å². The van der Waals surface area contributed by atoms with Crippen molar-refractivity contribution < 1.29 is 9.53 Å². The number of thiazole rings is 1. The summed E-state index contributed by atoms with van der Waals surface area (Å²) in [5, 5.41) is 7.40. The highest BCUT2D eigenvalue weighted by molar-refractivity contribution is 7.18. The van der Waals surface area contributed by atoms with Crippen LogP contribution in [0.25, 0.3) is 10.2 Å². The van der Waals surface area contributed by atoms with E-state index in [-0.39, 0.29) is 6.04 Å². The van der Waals surface area contributed by atoms with Gasteiger partial charge in [-0.25, -0.2) is 9.78 Å². The molecule has 0 radical (unpaired) electrons. The van der Waals surface area contributed by atoms with Crippen LogP contribution in [-0.2, 0) is 4.74 Å². The van der Waals surface area contributed by atoms with Crippen LogP contribution in [0.2, 0.25) is 0 Å². The molecular formula is C18H27N3O2S. The number of fused-ring (bicyclic) bond motifs is 1. The Kier molecular flexibility index (Phi) is 5.50. The van der Waals surface area contributed by atoms with Gasteiger partial charge in [0.25, 0.3) is 0 Å². The van der Waals surface area contributed by atoms with E-state index in [0.717, 1.165) is 10.5 Å². The number of carbonyl (C=O) groups is 1. The number of amides is 1. The predicted molar refractivity (Wildman–Crippen MR) is 99.5 cm³/mol. The van der Waals surface area contributed by atoms with Gasteiger partial charge in [-0.1, -0.05) is 12.1 Å². The van der Waals surface area contributed by atoms with Gasteiger partial charge in [0, 0.05) is 6.54 Å². The first-order valence-corrected chi connectivity index (χ1v) is 8.97. The number of hydrogen-bond acceptors (Lipinski definition) is 5.